The molecule has 0 radical (unpaired) electrons. The zero-order valence-electron chi connectivity index (χ0n) is 20.5. The van der Waals surface area contributed by atoms with E-state index in [1.54, 1.807) is 0 Å². The lowest BCUT2D eigenvalue weighted by Gasteiger charge is -2.29. The first kappa shape index (κ1) is 22.2. The van der Waals surface area contributed by atoms with E-state index in [0.29, 0.717) is 0 Å². The zero-order valence-corrected chi connectivity index (χ0v) is 20.5. The molecule has 1 nitrogen and oxygen atoms in total. The summed E-state index contributed by atoms with van der Waals surface area (Å²) in [4.78, 5) is 2.25. The van der Waals surface area contributed by atoms with Gasteiger partial charge in [-0.1, -0.05) is 63.5 Å². The van der Waals surface area contributed by atoms with Crippen LogP contribution in [0.5, 0.6) is 0 Å². The minimum Gasteiger partial charge on any atom is -0.378 e. The summed E-state index contributed by atoms with van der Waals surface area (Å²) in [6.07, 6.45) is 0. The Morgan fingerprint density at radius 1 is 0.567 bits per heavy atom. The third-order valence-corrected chi connectivity index (χ3v) is 7.15. The molecule has 0 bridgehead atoms. The maximum Gasteiger partial charge on any atom is 0.245 e. The summed E-state index contributed by atoms with van der Waals surface area (Å²) in [5, 5.41) is 0. The molecule has 2 heteroatoms. The van der Waals surface area contributed by atoms with Crippen molar-refractivity contribution in [2.24, 2.45) is 0 Å². The molecule has 0 N–H and O–H groups in total. The van der Waals surface area contributed by atoms with Crippen molar-refractivity contribution in [3.05, 3.63) is 80.9 Å². The molecule has 0 amide bonds. The number of rotatable bonds is 4. The molecule has 0 spiro atoms. The Morgan fingerprint density at radius 3 is 1.30 bits per heavy atom. The van der Waals surface area contributed by atoms with E-state index in [4.69, 9.17) is 0 Å². The normalized spacial score (nSPS) is 11.0. The van der Waals surface area contributed by atoms with Crippen molar-refractivity contribution in [3.63, 3.8) is 0 Å². The van der Waals surface area contributed by atoms with Gasteiger partial charge in [0.1, 0.15) is 0 Å². The van der Waals surface area contributed by atoms with Gasteiger partial charge in [-0.3, -0.25) is 0 Å². The molecule has 0 heterocycles. The summed E-state index contributed by atoms with van der Waals surface area (Å²) >= 11 is 0. The molecule has 0 aliphatic carbocycles. The zero-order chi connectivity index (χ0) is 22.3. The highest BCUT2D eigenvalue weighted by atomic mass is 15.1. The van der Waals surface area contributed by atoms with E-state index in [1.165, 1.54) is 66.6 Å². The first-order valence-corrected chi connectivity index (χ1v) is 11.0. The highest BCUT2D eigenvalue weighted by molar-refractivity contribution is 6.97. The summed E-state index contributed by atoms with van der Waals surface area (Å²) < 4.78 is 0. The third-order valence-electron chi connectivity index (χ3n) is 7.15. The average Bonchev–Trinajstić information content (AvgIpc) is 2.70. The Balaban J connectivity index is 2.53. The van der Waals surface area contributed by atoms with Crippen molar-refractivity contribution < 1.29 is 0 Å². The number of nitrogens with zero attached hydrogens (tertiary/aromatic N) is 1. The number of hydrogen-bond acceptors (Lipinski definition) is 1. The predicted molar refractivity (Wildman–Crippen MR) is 136 cm³/mol. The number of aryl methyl sites for hydroxylation is 4. The molecule has 3 rings (SSSR count). The maximum atomic E-state index is 2.34. The van der Waals surface area contributed by atoms with Crippen LogP contribution in [0.3, 0.4) is 0 Å². The summed E-state index contributed by atoms with van der Waals surface area (Å²) in [5.74, 6) is 0. The summed E-state index contributed by atoms with van der Waals surface area (Å²) in [5.41, 5.74) is 16.8. The first-order valence-electron chi connectivity index (χ1n) is 11.0. The standard InChI is InChI=1S/C28H36BN/c1-17-15-18(2)22(6)27(21(17)5)29(25-13-11-12-14-26(25)30(9)10)28-23(7)19(3)16-20(4)24(28)8/h11-16H,1-10H3. The van der Waals surface area contributed by atoms with Crippen LogP contribution in [-0.4, -0.2) is 20.8 Å². The minimum atomic E-state index is 0.209. The van der Waals surface area contributed by atoms with Gasteiger partial charge in [0.05, 0.1) is 0 Å². The molecule has 3 aromatic rings. The fourth-order valence-corrected chi connectivity index (χ4v) is 4.95. The fourth-order valence-electron chi connectivity index (χ4n) is 4.95. The molecule has 0 aliphatic rings. The third kappa shape index (κ3) is 3.69. The molecule has 0 fully saturated rings. The van der Waals surface area contributed by atoms with Crippen LogP contribution in [0.25, 0.3) is 0 Å². The Morgan fingerprint density at radius 2 is 0.933 bits per heavy atom. The topological polar surface area (TPSA) is 3.24 Å². The average molecular weight is 397 g/mol. The van der Waals surface area contributed by atoms with Gasteiger partial charge in [-0.15, -0.1) is 0 Å². The Hall–Kier alpha value is -2.48. The SMILES string of the molecule is Cc1cc(C)c(C)c(B(c2ccccc2N(C)C)c2c(C)c(C)cc(C)c2C)c1C. The van der Waals surface area contributed by atoms with Crippen LogP contribution in [0.1, 0.15) is 44.5 Å². The van der Waals surface area contributed by atoms with Crippen molar-refractivity contribution in [2.45, 2.75) is 55.4 Å². The summed E-state index contributed by atoms with van der Waals surface area (Å²) in [6.45, 7) is 18.4. The lowest BCUT2D eigenvalue weighted by atomic mass is 9.33. The Bertz CT molecular complexity index is 992. The van der Waals surface area contributed by atoms with E-state index >= 15 is 0 Å². The van der Waals surface area contributed by atoms with Gasteiger partial charge in [0.2, 0.25) is 6.71 Å². The van der Waals surface area contributed by atoms with Crippen molar-refractivity contribution in [1.29, 1.82) is 0 Å². The van der Waals surface area contributed by atoms with E-state index in [2.05, 4.69) is 111 Å². The summed E-state index contributed by atoms with van der Waals surface area (Å²) in [7, 11) is 4.30. The lowest BCUT2D eigenvalue weighted by molar-refractivity contribution is 1.14. The van der Waals surface area contributed by atoms with Crippen LogP contribution in [0.4, 0.5) is 5.69 Å². The molecular formula is C28H36BN. The van der Waals surface area contributed by atoms with Crippen LogP contribution >= 0.6 is 0 Å². The second kappa shape index (κ2) is 8.34. The van der Waals surface area contributed by atoms with Gasteiger partial charge in [-0.05, 0) is 89.2 Å². The van der Waals surface area contributed by atoms with E-state index in [-0.39, 0.29) is 6.71 Å². The Kier molecular flexibility index (Phi) is 6.17. The van der Waals surface area contributed by atoms with Gasteiger partial charge in [-0.25, -0.2) is 0 Å². The molecule has 0 aromatic heterocycles. The van der Waals surface area contributed by atoms with Crippen LogP contribution in [0, 0.1) is 55.4 Å². The van der Waals surface area contributed by atoms with Crippen molar-refractivity contribution in [3.8, 4) is 0 Å². The largest absolute Gasteiger partial charge is 0.378 e. The first-order chi connectivity index (χ1) is 14.1. The highest BCUT2D eigenvalue weighted by Crippen LogP contribution is 2.20. The van der Waals surface area contributed by atoms with Crippen LogP contribution in [-0.2, 0) is 0 Å². The van der Waals surface area contributed by atoms with E-state index in [0.717, 1.165) is 0 Å². The fraction of sp³-hybridized carbons (Fsp3) is 0.357. The Labute approximate surface area is 184 Å². The number of hydrogen-bond donors (Lipinski definition) is 0. The molecule has 156 valence electrons. The molecule has 3 aromatic carbocycles. The van der Waals surface area contributed by atoms with Gasteiger partial charge in [0.15, 0.2) is 0 Å². The van der Waals surface area contributed by atoms with Crippen molar-refractivity contribution >= 4 is 28.8 Å². The minimum absolute atomic E-state index is 0.209. The monoisotopic (exact) mass is 397 g/mol. The quantitative estimate of drug-likeness (QED) is 0.575. The van der Waals surface area contributed by atoms with Crippen molar-refractivity contribution in [2.75, 3.05) is 19.0 Å². The van der Waals surface area contributed by atoms with Gasteiger partial charge in [0.25, 0.3) is 0 Å². The predicted octanol–water partition coefficient (Wildman–Crippen LogP) is 4.74. The van der Waals surface area contributed by atoms with Gasteiger partial charge >= 0.3 is 0 Å². The van der Waals surface area contributed by atoms with E-state index in [1.807, 2.05) is 0 Å². The van der Waals surface area contributed by atoms with E-state index in [9.17, 15) is 0 Å². The number of para-hydroxylation sites is 1. The molecule has 30 heavy (non-hydrogen) atoms. The molecule has 0 aliphatic heterocycles. The van der Waals surface area contributed by atoms with Crippen LogP contribution in [0.15, 0.2) is 36.4 Å². The molecule has 0 saturated heterocycles. The summed E-state index contributed by atoms with van der Waals surface area (Å²) in [6, 6.07) is 13.6. The lowest BCUT2D eigenvalue weighted by Crippen LogP contribution is -2.57. The van der Waals surface area contributed by atoms with Crippen LogP contribution in [0.2, 0.25) is 0 Å². The molecular weight excluding hydrogens is 361 g/mol. The van der Waals surface area contributed by atoms with E-state index < -0.39 is 0 Å². The molecule has 0 atom stereocenters. The number of benzene rings is 3. The highest BCUT2D eigenvalue weighted by Gasteiger charge is 2.32. The van der Waals surface area contributed by atoms with Gasteiger partial charge in [0, 0.05) is 19.8 Å². The van der Waals surface area contributed by atoms with Gasteiger partial charge in [-0.2, -0.15) is 0 Å². The second-order valence-corrected chi connectivity index (χ2v) is 9.23. The van der Waals surface area contributed by atoms with Gasteiger partial charge < -0.3 is 4.90 Å². The number of anilines is 1. The second-order valence-electron chi connectivity index (χ2n) is 9.23. The van der Waals surface area contributed by atoms with Crippen molar-refractivity contribution in [1.82, 2.24) is 0 Å². The smallest absolute Gasteiger partial charge is 0.245 e. The maximum absolute atomic E-state index is 2.34. The van der Waals surface area contributed by atoms with Crippen LogP contribution < -0.4 is 21.3 Å². The molecule has 0 unspecified atom stereocenters. The molecule has 0 saturated carbocycles.